The summed E-state index contributed by atoms with van der Waals surface area (Å²) in [4.78, 5) is 33.1. The number of carboxylic acids is 2. The molecule has 0 saturated carbocycles. The Morgan fingerprint density at radius 3 is 2.12 bits per heavy atom. The summed E-state index contributed by atoms with van der Waals surface area (Å²) in [5.41, 5.74) is 0. The number of hydrogen-bond acceptors (Lipinski definition) is 3. The third kappa shape index (κ3) is 6.78. The van der Waals surface area contributed by atoms with Crippen LogP contribution in [0.3, 0.4) is 0 Å². The summed E-state index contributed by atoms with van der Waals surface area (Å²) in [6.07, 6.45) is 5.32. The Bertz CT molecular complexity index is 331. The van der Waals surface area contributed by atoms with E-state index in [1.54, 1.807) is 6.92 Å². The van der Waals surface area contributed by atoms with E-state index >= 15 is 0 Å². The van der Waals surface area contributed by atoms with Crippen LogP contribution in [0.5, 0.6) is 0 Å². The van der Waals surface area contributed by atoms with Crippen LogP contribution in [0.4, 0.5) is 4.79 Å². The second-order valence-electron chi connectivity index (χ2n) is 3.40. The zero-order valence-corrected chi connectivity index (χ0v) is 9.34. The number of urea groups is 1. The highest BCUT2D eigenvalue weighted by Crippen LogP contribution is 1.94. The van der Waals surface area contributed by atoms with E-state index in [2.05, 4.69) is 11.2 Å². The number of aliphatic carboxylic acids is 2. The van der Waals surface area contributed by atoms with Crippen molar-refractivity contribution in [1.82, 2.24) is 10.2 Å². The van der Waals surface area contributed by atoms with E-state index in [4.69, 9.17) is 16.6 Å². The van der Waals surface area contributed by atoms with Crippen molar-refractivity contribution in [1.29, 1.82) is 0 Å². The summed E-state index contributed by atoms with van der Waals surface area (Å²) in [6, 6.07) is -1.12. The third-order valence-electron chi connectivity index (χ3n) is 1.73. The van der Waals surface area contributed by atoms with Gasteiger partial charge in [0.2, 0.25) is 0 Å². The molecule has 3 N–H and O–H groups in total. The predicted octanol–water partition coefficient (Wildman–Crippen LogP) is -0.421. The van der Waals surface area contributed by atoms with Crippen molar-refractivity contribution in [3.63, 3.8) is 0 Å². The lowest BCUT2D eigenvalue weighted by Gasteiger charge is -2.21. The molecule has 0 fully saturated rings. The third-order valence-corrected chi connectivity index (χ3v) is 1.73. The van der Waals surface area contributed by atoms with Crippen LogP contribution in [0.2, 0.25) is 0 Å². The molecule has 0 rings (SSSR count). The standard InChI is InChI=1S/C10H14N2O5/c1-3-4-7(2)11-10(17)12(5-8(13)14)6-9(15)16/h1,7H,4-6H2,2H3,(H,11,17)(H,13,14)(H,15,16). The predicted molar refractivity (Wildman–Crippen MR) is 58.3 cm³/mol. The molecule has 2 amide bonds. The lowest BCUT2D eigenvalue weighted by Crippen LogP contribution is -2.47. The summed E-state index contributed by atoms with van der Waals surface area (Å²) in [6.45, 7) is 0.277. The molecule has 0 aromatic heterocycles. The van der Waals surface area contributed by atoms with E-state index in [1.165, 1.54) is 0 Å². The van der Waals surface area contributed by atoms with Gasteiger partial charge in [0, 0.05) is 12.5 Å². The zero-order chi connectivity index (χ0) is 13.4. The molecular weight excluding hydrogens is 228 g/mol. The zero-order valence-electron chi connectivity index (χ0n) is 9.34. The molecule has 7 heteroatoms. The summed E-state index contributed by atoms with van der Waals surface area (Å²) >= 11 is 0. The fourth-order valence-corrected chi connectivity index (χ4v) is 1.06. The highest BCUT2D eigenvalue weighted by atomic mass is 16.4. The summed E-state index contributed by atoms with van der Waals surface area (Å²) < 4.78 is 0. The van der Waals surface area contributed by atoms with Gasteiger partial charge in [-0.2, -0.15) is 0 Å². The normalized spacial score (nSPS) is 11.1. The average molecular weight is 242 g/mol. The van der Waals surface area contributed by atoms with E-state index in [9.17, 15) is 14.4 Å². The molecule has 0 aliphatic heterocycles. The molecule has 0 heterocycles. The Kier molecular flexibility index (Phi) is 6.18. The number of rotatable bonds is 6. The van der Waals surface area contributed by atoms with Gasteiger partial charge in [-0.1, -0.05) is 0 Å². The fourth-order valence-electron chi connectivity index (χ4n) is 1.06. The van der Waals surface area contributed by atoms with Gasteiger partial charge in [-0.15, -0.1) is 12.3 Å². The highest BCUT2D eigenvalue weighted by Gasteiger charge is 2.20. The molecule has 0 aliphatic carbocycles. The lowest BCUT2D eigenvalue weighted by molar-refractivity contribution is -0.140. The number of hydrogen-bond donors (Lipinski definition) is 3. The quantitative estimate of drug-likeness (QED) is 0.548. The second kappa shape index (κ2) is 7.11. The molecule has 17 heavy (non-hydrogen) atoms. The van der Waals surface area contributed by atoms with Crippen molar-refractivity contribution in [3.8, 4) is 12.3 Å². The van der Waals surface area contributed by atoms with Gasteiger partial charge in [-0.3, -0.25) is 9.59 Å². The number of terminal acetylenes is 1. The van der Waals surface area contributed by atoms with Crippen LogP contribution in [0.15, 0.2) is 0 Å². The number of carbonyl (C=O) groups excluding carboxylic acids is 1. The summed E-state index contributed by atoms with van der Waals surface area (Å²) in [5.74, 6) is -0.245. The molecule has 1 unspecified atom stereocenters. The van der Waals surface area contributed by atoms with Crippen LogP contribution in [-0.4, -0.2) is 52.2 Å². The molecule has 0 aromatic rings. The monoisotopic (exact) mass is 242 g/mol. The van der Waals surface area contributed by atoms with Crippen molar-refractivity contribution >= 4 is 18.0 Å². The molecule has 0 saturated heterocycles. The summed E-state index contributed by atoms with van der Waals surface area (Å²) in [5, 5.41) is 19.5. The van der Waals surface area contributed by atoms with Crippen molar-refractivity contribution < 1.29 is 24.6 Å². The molecule has 0 spiro atoms. The fraction of sp³-hybridized carbons (Fsp3) is 0.500. The lowest BCUT2D eigenvalue weighted by atomic mass is 10.2. The first kappa shape index (κ1) is 14.8. The second-order valence-corrected chi connectivity index (χ2v) is 3.40. The maximum atomic E-state index is 11.5. The Labute approximate surface area is 98.4 Å². The molecule has 0 radical (unpaired) electrons. The van der Waals surface area contributed by atoms with Crippen molar-refractivity contribution in [2.75, 3.05) is 13.1 Å². The van der Waals surface area contributed by atoms with Crippen LogP contribution in [-0.2, 0) is 9.59 Å². The van der Waals surface area contributed by atoms with Gasteiger partial charge in [0.15, 0.2) is 0 Å². The Morgan fingerprint density at radius 2 is 1.76 bits per heavy atom. The first-order chi connectivity index (χ1) is 7.86. The van der Waals surface area contributed by atoms with Gasteiger partial charge >= 0.3 is 18.0 Å². The molecule has 7 nitrogen and oxygen atoms in total. The van der Waals surface area contributed by atoms with E-state index in [1.807, 2.05) is 0 Å². The average Bonchev–Trinajstić information content (AvgIpc) is 2.15. The summed E-state index contributed by atoms with van der Waals surface area (Å²) in [7, 11) is 0. The Hall–Kier alpha value is -2.23. The van der Waals surface area contributed by atoms with Crippen LogP contribution in [0, 0.1) is 12.3 Å². The number of carbonyl (C=O) groups is 3. The Morgan fingerprint density at radius 1 is 1.29 bits per heavy atom. The van der Waals surface area contributed by atoms with Crippen molar-refractivity contribution in [2.24, 2.45) is 0 Å². The van der Waals surface area contributed by atoms with Crippen LogP contribution < -0.4 is 5.32 Å². The van der Waals surface area contributed by atoms with E-state index < -0.39 is 31.1 Å². The SMILES string of the molecule is C#CCC(C)NC(=O)N(CC(=O)O)CC(=O)O. The van der Waals surface area contributed by atoms with Gasteiger partial charge in [0.1, 0.15) is 13.1 Å². The number of nitrogens with zero attached hydrogens (tertiary/aromatic N) is 1. The number of nitrogens with one attached hydrogen (secondary N) is 1. The van der Waals surface area contributed by atoms with Gasteiger partial charge in [-0.25, -0.2) is 4.79 Å². The molecule has 1 atom stereocenters. The minimum absolute atomic E-state index is 0.278. The largest absolute Gasteiger partial charge is 0.480 e. The minimum Gasteiger partial charge on any atom is -0.480 e. The number of carboxylic acid groups (broad SMARTS) is 2. The molecule has 0 aromatic carbocycles. The topological polar surface area (TPSA) is 107 Å². The first-order valence-corrected chi connectivity index (χ1v) is 4.79. The smallest absolute Gasteiger partial charge is 0.323 e. The van der Waals surface area contributed by atoms with Crippen molar-refractivity contribution in [3.05, 3.63) is 0 Å². The first-order valence-electron chi connectivity index (χ1n) is 4.79. The van der Waals surface area contributed by atoms with E-state index in [-0.39, 0.29) is 12.5 Å². The van der Waals surface area contributed by atoms with E-state index in [0.29, 0.717) is 4.90 Å². The number of amides is 2. The van der Waals surface area contributed by atoms with Gasteiger partial charge in [-0.05, 0) is 6.92 Å². The van der Waals surface area contributed by atoms with Gasteiger partial charge < -0.3 is 20.4 Å². The van der Waals surface area contributed by atoms with Crippen LogP contribution in [0.1, 0.15) is 13.3 Å². The maximum absolute atomic E-state index is 11.5. The van der Waals surface area contributed by atoms with Gasteiger partial charge in [0.25, 0.3) is 0 Å². The van der Waals surface area contributed by atoms with Crippen LogP contribution >= 0.6 is 0 Å². The maximum Gasteiger partial charge on any atom is 0.323 e. The molecule has 94 valence electrons. The van der Waals surface area contributed by atoms with Crippen molar-refractivity contribution in [2.45, 2.75) is 19.4 Å². The molecule has 0 bridgehead atoms. The minimum atomic E-state index is -1.29. The molecular formula is C10H14N2O5. The van der Waals surface area contributed by atoms with Crippen LogP contribution in [0.25, 0.3) is 0 Å². The Balaban J connectivity index is 4.47. The molecule has 0 aliphatic rings. The van der Waals surface area contributed by atoms with E-state index in [0.717, 1.165) is 0 Å². The van der Waals surface area contributed by atoms with Gasteiger partial charge in [0.05, 0.1) is 0 Å². The highest BCUT2D eigenvalue weighted by molar-refractivity contribution is 5.84.